The van der Waals surface area contributed by atoms with Crippen LogP contribution in [0, 0.1) is 0 Å². The molecule has 0 amide bonds. The average Bonchev–Trinajstić information content (AvgIpc) is 2.66. The third kappa shape index (κ3) is 3.97. The Hall–Kier alpha value is -0.940. The predicted molar refractivity (Wildman–Crippen MR) is 58.6 cm³/mol. The minimum atomic E-state index is 0.333. The molecule has 0 fully saturated rings. The zero-order valence-corrected chi connectivity index (χ0v) is 9.73. The molecule has 15 heavy (non-hydrogen) atoms. The van der Waals surface area contributed by atoms with Crippen molar-refractivity contribution in [1.29, 1.82) is 0 Å². The van der Waals surface area contributed by atoms with E-state index in [1.54, 1.807) is 6.33 Å². The SMILES string of the molecule is CCNCCOCc1ncnn1C(C)C. The molecule has 0 aliphatic rings. The number of nitrogens with one attached hydrogen (secondary N) is 1. The van der Waals surface area contributed by atoms with E-state index in [0.717, 1.165) is 18.9 Å². The van der Waals surface area contributed by atoms with Crippen LogP contribution >= 0.6 is 0 Å². The van der Waals surface area contributed by atoms with Crippen LogP contribution in [0.4, 0.5) is 0 Å². The first-order valence-corrected chi connectivity index (χ1v) is 5.42. The van der Waals surface area contributed by atoms with Gasteiger partial charge in [0, 0.05) is 12.6 Å². The van der Waals surface area contributed by atoms with Crippen molar-refractivity contribution in [1.82, 2.24) is 20.1 Å². The Kier molecular flexibility index (Phi) is 5.28. The summed E-state index contributed by atoms with van der Waals surface area (Å²) in [7, 11) is 0. The third-order valence-corrected chi connectivity index (χ3v) is 2.04. The second kappa shape index (κ2) is 6.53. The van der Waals surface area contributed by atoms with Crippen LogP contribution in [0.2, 0.25) is 0 Å². The van der Waals surface area contributed by atoms with Gasteiger partial charge in [0.25, 0.3) is 0 Å². The van der Waals surface area contributed by atoms with Gasteiger partial charge in [0.1, 0.15) is 12.9 Å². The molecule has 1 aromatic rings. The van der Waals surface area contributed by atoms with Gasteiger partial charge in [-0.05, 0) is 20.4 Å². The smallest absolute Gasteiger partial charge is 0.153 e. The first-order valence-electron chi connectivity index (χ1n) is 5.42. The van der Waals surface area contributed by atoms with E-state index in [-0.39, 0.29) is 0 Å². The van der Waals surface area contributed by atoms with Gasteiger partial charge in [-0.2, -0.15) is 5.10 Å². The Morgan fingerprint density at radius 3 is 3.00 bits per heavy atom. The van der Waals surface area contributed by atoms with E-state index >= 15 is 0 Å². The fourth-order valence-electron chi connectivity index (χ4n) is 1.29. The van der Waals surface area contributed by atoms with Gasteiger partial charge in [0.15, 0.2) is 5.82 Å². The average molecular weight is 212 g/mol. The lowest BCUT2D eigenvalue weighted by atomic mass is 10.4. The van der Waals surface area contributed by atoms with Gasteiger partial charge in [-0.3, -0.25) is 0 Å². The molecule has 0 radical (unpaired) electrons. The number of aromatic nitrogens is 3. The molecule has 1 rings (SSSR count). The van der Waals surface area contributed by atoms with Crippen molar-refractivity contribution in [2.45, 2.75) is 33.4 Å². The molecular formula is C10H20N4O. The Labute approximate surface area is 90.8 Å². The maximum atomic E-state index is 5.49. The van der Waals surface area contributed by atoms with E-state index < -0.39 is 0 Å². The monoisotopic (exact) mass is 212 g/mol. The fraction of sp³-hybridized carbons (Fsp3) is 0.800. The lowest BCUT2D eigenvalue weighted by molar-refractivity contribution is 0.113. The van der Waals surface area contributed by atoms with Gasteiger partial charge in [0.05, 0.1) is 6.61 Å². The molecule has 0 aliphatic carbocycles. The van der Waals surface area contributed by atoms with Gasteiger partial charge in [-0.25, -0.2) is 9.67 Å². The molecule has 0 bridgehead atoms. The maximum absolute atomic E-state index is 5.49. The van der Waals surface area contributed by atoms with Crippen LogP contribution in [0.3, 0.4) is 0 Å². The molecule has 1 aromatic heterocycles. The number of nitrogens with zero attached hydrogens (tertiary/aromatic N) is 3. The normalized spacial score (nSPS) is 11.2. The van der Waals surface area contributed by atoms with Crippen molar-refractivity contribution in [2.75, 3.05) is 19.7 Å². The van der Waals surface area contributed by atoms with E-state index in [4.69, 9.17) is 4.74 Å². The molecule has 0 spiro atoms. The first-order chi connectivity index (χ1) is 7.25. The summed E-state index contributed by atoms with van der Waals surface area (Å²) in [6.45, 7) is 9.34. The van der Waals surface area contributed by atoms with Crippen LogP contribution in [-0.2, 0) is 11.3 Å². The summed E-state index contributed by atoms with van der Waals surface area (Å²) in [5, 5.41) is 7.34. The van der Waals surface area contributed by atoms with Crippen LogP contribution in [0.25, 0.3) is 0 Å². The number of ether oxygens (including phenoxy) is 1. The van der Waals surface area contributed by atoms with Crippen LogP contribution in [-0.4, -0.2) is 34.5 Å². The van der Waals surface area contributed by atoms with Gasteiger partial charge >= 0.3 is 0 Å². The number of likely N-dealkylation sites (N-methyl/N-ethyl adjacent to an activating group) is 1. The maximum Gasteiger partial charge on any atom is 0.153 e. The zero-order chi connectivity index (χ0) is 11.1. The van der Waals surface area contributed by atoms with E-state index in [9.17, 15) is 0 Å². The third-order valence-electron chi connectivity index (χ3n) is 2.04. The van der Waals surface area contributed by atoms with Gasteiger partial charge in [-0.15, -0.1) is 0 Å². The van der Waals surface area contributed by atoms with E-state index in [2.05, 4.69) is 36.2 Å². The molecule has 1 N–H and O–H groups in total. The van der Waals surface area contributed by atoms with Crippen LogP contribution in [0.5, 0.6) is 0 Å². The minimum Gasteiger partial charge on any atom is -0.372 e. The van der Waals surface area contributed by atoms with Crippen molar-refractivity contribution >= 4 is 0 Å². The van der Waals surface area contributed by atoms with Crippen LogP contribution in [0.1, 0.15) is 32.6 Å². The minimum absolute atomic E-state index is 0.333. The quantitative estimate of drug-likeness (QED) is 0.685. The molecule has 0 saturated heterocycles. The second-order valence-electron chi connectivity index (χ2n) is 3.62. The Balaban J connectivity index is 2.28. The highest BCUT2D eigenvalue weighted by molar-refractivity contribution is 4.83. The highest BCUT2D eigenvalue weighted by Crippen LogP contribution is 2.05. The molecule has 1 heterocycles. The summed E-state index contributed by atoms with van der Waals surface area (Å²) < 4.78 is 7.37. The highest BCUT2D eigenvalue weighted by atomic mass is 16.5. The molecular weight excluding hydrogens is 192 g/mol. The highest BCUT2D eigenvalue weighted by Gasteiger charge is 2.06. The summed E-state index contributed by atoms with van der Waals surface area (Å²) in [6.07, 6.45) is 1.57. The lowest BCUT2D eigenvalue weighted by Gasteiger charge is -2.09. The Morgan fingerprint density at radius 2 is 2.33 bits per heavy atom. The Bertz CT molecular complexity index is 272. The van der Waals surface area contributed by atoms with Crippen molar-refractivity contribution in [3.8, 4) is 0 Å². The van der Waals surface area contributed by atoms with Gasteiger partial charge in [0.2, 0.25) is 0 Å². The van der Waals surface area contributed by atoms with E-state index in [1.807, 2.05) is 4.68 Å². The molecule has 0 unspecified atom stereocenters. The molecule has 0 aliphatic heterocycles. The zero-order valence-electron chi connectivity index (χ0n) is 9.73. The van der Waals surface area contributed by atoms with Crippen molar-refractivity contribution in [3.63, 3.8) is 0 Å². The largest absolute Gasteiger partial charge is 0.372 e. The van der Waals surface area contributed by atoms with Crippen molar-refractivity contribution in [3.05, 3.63) is 12.2 Å². The van der Waals surface area contributed by atoms with Crippen molar-refractivity contribution < 1.29 is 4.74 Å². The second-order valence-corrected chi connectivity index (χ2v) is 3.62. The summed E-state index contributed by atoms with van der Waals surface area (Å²) in [5.41, 5.74) is 0. The topological polar surface area (TPSA) is 52.0 Å². The molecule has 5 heteroatoms. The molecule has 5 nitrogen and oxygen atoms in total. The fourth-order valence-corrected chi connectivity index (χ4v) is 1.29. The number of hydrogen-bond donors (Lipinski definition) is 1. The van der Waals surface area contributed by atoms with E-state index in [1.165, 1.54) is 0 Å². The Morgan fingerprint density at radius 1 is 1.53 bits per heavy atom. The van der Waals surface area contributed by atoms with Crippen LogP contribution in [0.15, 0.2) is 6.33 Å². The van der Waals surface area contributed by atoms with Gasteiger partial charge in [-0.1, -0.05) is 6.92 Å². The summed E-state index contributed by atoms with van der Waals surface area (Å²) in [4.78, 5) is 4.16. The first kappa shape index (κ1) is 12.1. The predicted octanol–water partition coefficient (Wildman–Crippen LogP) is 0.985. The summed E-state index contributed by atoms with van der Waals surface area (Å²) >= 11 is 0. The lowest BCUT2D eigenvalue weighted by Crippen LogP contribution is -2.19. The summed E-state index contributed by atoms with van der Waals surface area (Å²) in [6, 6.07) is 0.333. The molecule has 86 valence electrons. The van der Waals surface area contributed by atoms with Crippen LogP contribution < -0.4 is 5.32 Å². The van der Waals surface area contributed by atoms with E-state index in [0.29, 0.717) is 19.3 Å². The van der Waals surface area contributed by atoms with Gasteiger partial charge < -0.3 is 10.1 Å². The molecule has 0 atom stereocenters. The summed E-state index contributed by atoms with van der Waals surface area (Å²) in [5.74, 6) is 0.890. The molecule has 0 saturated carbocycles. The van der Waals surface area contributed by atoms with Crippen molar-refractivity contribution in [2.24, 2.45) is 0 Å². The number of rotatable bonds is 7. The molecule has 0 aromatic carbocycles. The number of hydrogen-bond acceptors (Lipinski definition) is 4. The standard InChI is InChI=1S/C10H20N4O/c1-4-11-5-6-15-7-10-12-8-13-14(10)9(2)3/h8-9,11H,4-7H2,1-3H3.